The number of likely N-dealkylation sites (N-methyl/N-ethyl adjacent to an activating group) is 1. The molecule has 0 radical (unpaired) electrons. The summed E-state index contributed by atoms with van der Waals surface area (Å²) >= 11 is 5.86. The number of halogens is 1. The van der Waals surface area contributed by atoms with Crippen LogP contribution in [0.2, 0.25) is 5.02 Å². The van der Waals surface area contributed by atoms with Gasteiger partial charge in [0.1, 0.15) is 0 Å². The van der Waals surface area contributed by atoms with Crippen LogP contribution in [0.3, 0.4) is 0 Å². The van der Waals surface area contributed by atoms with Crippen LogP contribution < -0.4 is 4.90 Å². The molecule has 0 spiro atoms. The molecule has 1 saturated heterocycles. The molecule has 3 rings (SSSR count). The highest BCUT2D eigenvalue weighted by Gasteiger charge is 2.33. The first kappa shape index (κ1) is 15.7. The highest BCUT2D eigenvalue weighted by atomic mass is 35.5. The molecule has 2 aromatic rings. The van der Waals surface area contributed by atoms with E-state index in [0.717, 1.165) is 30.2 Å². The highest BCUT2D eigenvalue weighted by molar-refractivity contribution is 6.30. The van der Waals surface area contributed by atoms with Crippen LogP contribution in [-0.2, 0) is 11.2 Å². The lowest BCUT2D eigenvalue weighted by Crippen LogP contribution is -2.60. The van der Waals surface area contributed by atoms with Crippen molar-refractivity contribution in [3.8, 4) is 0 Å². The van der Waals surface area contributed by atoms with Gasteiger partial charge in [0.15, 0.2) is 5.82 Å². The fraction of sp³-hybridized carbons (Fsp3) is 0.353. The van der Waals surface area contributed by atoms with Crippen LogP contribution in [0.5, 0.6) is 0 Å². The molecule has 0 aliphatic carbocycles. The van der Waals surface area contributed by atoms with Crippen LogP contribution in [0.15, 0.2) is 36.4 Å². The number of aromatic nitrogens is 2. The summed E-state index contributed by atoms with van der Waals surface area (Å²) < 4.78 is 0. The number of benzene rings is 1. The molecule has 5 nitrogen and oxygen atoms in total. The Morgan fingerprint density at radius 1 is 1.22 bits per heavy atom. The fourth-order valence-electron chi connectivity index (χ4n) is 2.55. The van der Waals surface area contributed by atoms with Crippen molar-refractivity contribution >= 4 is 23.3 Å². The third-order valence-corrected chi connectivity index (χ3v) is 4.43. The summed E-state index contributed by atoms with van der Waals surface area (Å²) in [6.45, 7) is 3.50. The lowest BCUT2D eigenvalue weighted by Gasteiger charge is -2.44. The predicted octanol–water partition coefficient (Wildman–Crippen LogP) is 2.33. The minimum absolute atomic E-state index is 0.118. The van der Waals surface area contributed by atoms with Gasteiger partial charge >= 0.3 is 0 Å². The van der Waals surface area contributed by atoms with Gasteiger partial charge in [0.2, 0.25) is 5.91 Å². The summed E-state index contributed by atoms with van der Waals surface area (Å²) in [6, 6.07) is 11.5. The summed E-state index contributed by atoms with van der Waals surface area (Å²) in [7, 11) is 1.86. The fourth-order valence-corrected chi connectivity index (χ4v) is 2.68. The van der Waals surface area contributed by atoms with Gasteiger partial charge < -0.3 is 9.80 Å². The zero-order valence-corrected chi connectivity index (χ0v) is 14.0. The molecule has 1 aliphatic heterocycles. The average Bonchev–Trinajstić information content (AvgIpc) is 2.50. The van der Waals surface area contributed by atoms with Crippen LogP contribution in [0.1, 0.15) is 11.3 Å². The predicted molar refractivity (Wildman–Crippen MR) is 90.7 cm³/mol. The summed E-state index contributed by atoms with van der Waals surface area (Å²) in [6.07, 6.45) is 0.397. The van der Waals surface area contributed by atoms with Gasteiger partial charge in [0, 0.05) is 25.2 Å². The monoisotopic (exact) mass is 330 g/mol. The van der Waals surface area contributed by atoms with Crippen molar-refractivity contribution in [2.45, 2.75) is 19.4 Å². The zero-order valence-electron chi connectivity index (χ0n) is 13.2. The van der Waals surface area contributed by atoms with Gasteiger partial charge in [-0.05, 0) is 36.8 Å². The van der Waals surface area contributed by atoms with Crippen LogP contribution >= 0.6 is 11.6 Å². The maximum atomic E-state index is 12.4. The van der Waals surface area contributed by atoms with E-state index >= 15 is 0 Å². The van der Waals surface area contributed by atoms with E-state index in [2.05, 4.69) is 15.1 Å². The topological polar surface area (TPSA) is 49.3 Å². The normalized spacial score (nSPS) is 14.5. The Bertz CT molecular complexity index is 681. The van der Waals surface area contributed by atoms with Gasteiger partial charge in [-0.2, -0.15) is 5.10 Å². The summed E-state index contributed by atoms with van der Waals surface area (Å²) in [4.78, 5) is 16.3. The number of carbonyl (C=O) groups excluding carboxylic acids is 1. The number of aryl methyl sites for hydroxylation is 1. The molecule has 0 N–H and O–H groups in total. The van der Waals surface area contributed by atoms with Crippen molar-refractivity contribution in [1.29, 1.82) is 0 Å². The van der Waals surface area contributed by atoms with Gasteiger partial charge in [-0.3, -0.25) is 4.79 Å². The zero-order chi connectivity index (χ0) is 16.4. The van der Waals surface area contributed by atoms with Crippen molar-refractivity contribution < 1.29 is 4.79 Å². The third-order valence-electron chi connectivity index (χ3n) is 4.18. The van der Waals surface area contributed by atoms with E-state index in [1.165, 1.54) is 0 Å². The van der Waals surface area contributed by atoms with Crippen molar-refractivity contribution in [2.24, 2.45) is 0 Å². The lowest BCUT2D eigenvalue weighted by atomic mass is 10.1. The first-order valence-corrected chi connectivity index (χ1v) is 7.96. The second-order valence-electron chi connectivity index (χ2n) is 5.90. The minimum atomic E-state index is 0.118. The highest BCUT2D eigenvalue weighted by Crippen LogP contribution is 2.21. The first-order chi connectivity index (χ1) is 11.0. The molecule has 6 heteroatoms. The van der Waals surface area contributed by atoms with E-state index in [0.29, 0.717) is 11.4 Å². The van der Waals surface area contributed by atoms with Crippen molar-refractivity contribution in [3.63, 3.8) is 0 Å². The van der Waals surface area contributed by atoms with Crippen molar-refractivity contribution in [3.05, 3.63) is 52.7 Å². The Morgan fingerprint density at radius 2 is 1.91 bits per heavy atom. The van der Waals surface area contributed by atoms with Gasteiger partial charge in [-0.15, -0.1) is 5.10 Å². The van der Waals surface area contributed by atoms with Gasteiger partial charge in [0.25, 0.3) is 0 Å². The smallest absolute Gasteiger partial charge is 0.227 e. The number of amides is 1. The molecule has 0 bridgehead atoms. The van der Waals surface area contributed by atoms with E-state index in [1.807, 2.05) is 55.3 Å². The number of anilines is 1. The lowest BCUT2D eigenvalue weighted by molar-refractivity contribution is -0.131. The second-order valence-corrected chi connectivity index (χ2v) is 6.34. The van der Waals surface area contributed by atoms with Crippen LogP contribution in [0.4, 0.5) is 5.82 Å². The van der Waals surface area contributed by atoms with Gasteiger partial charge in [-0.25, -0.2) is 0 Å². The van der Waals surface area contributed by atoms with E-state index in [4.69, 9.17) is 11.6 Å². The molecular formula is C17H19ClN4O. The molecule has 2 heterocycles. The molecule has 0 atom stereocenters. The maximum absolute atomic E-state index is 12.4. The first-order valence-electron chi connectivity index (χ1n) is 7.58. The van der Waals surface area contributed by atoms with Crippen molar-refractivity contribution in [2.75, 3.05) is 25.0 Å². The third kappa shape index (κ3) is 3.62. The Balaban J connectivity index is 1.53. The van der Waals surface area contributed by atoms with Crippen LogP contribution in [0.25, 0.3) is 0 Å². The quantitative estimate of drug-likeness (QED) is 0.863. The molecule has 0 unspecified atom stereocenters. The molecule has 1 fully saturated rings. The molecule has 0 saturated carbocycles. The average molecular weight is 331 g/mol. The van der Waals surface area contributed by atoms with E-state index in [9.17, 15) is 4.79 Å². The summed E-state index contributed by atoms with van der Waals surface area (Å²) in [5, 5.41) is 8.93. The number of hydrogen-bond donors (Lipinski definition) is 0. The van der Waals surface area contributed by atoms with E-state index in [-0.39, 0.29) is 11.9 Å². The molecule has 1 aromatic heterocycles. The molecule has 1 aromatic carbocycles. The minimum Gasteiger partial charge on any atom is -0.351 e. The Labute approximate surface area is 140 Å². The van der Waals surface area contributed by atoms with Crippen LogP contribution in [-0.4, -0.2) is 47.2 Å². The summed E-state index contributed by atoms with van der Waals surface area (Å²) in [5.41, 5.74) is 1.88. The van der Waals surface area contributed by atoms with Gasteiger partial charge in [-0.1, -0.05) is 23.7 Å². The number of nitrogens with zero attached hydrogens (tertiary/aromatic N) is 4. The molecule has 1 amide bonds. The number of hydrogen-bond acceptors (Lipinski definition) is 4. The second kappa shape index (κ2) is 6.54. The van der Waals surface area contributed by atoms with E-state index < -0.39 is 0 Å². The van der Waals surface area contributed by atoms with E-state index in [1.54, 1.807) is 0 Å². The molecular weight excluding hydrogens is 312 g/mol. The Kier molecular flexibility index (Phi) is 4.48. The number of carbonyl (C=O) groups is 1. The molecule has 120 valence electrons. The largest absolute Gasteiger partial charge is 0.351 e. The standard InChI is InChI=1S/C17H19ClN4O/c1-12-3-8-16(20-19-12)22-10-15(11-22)21(2)17(23)9-13-4-6-14(18)7-5-13/h3-8,15H,9-11H2,1-2H3. The maximum Gasteiger partial charge on any atom is 0.227 e. The Hall–Kier alpha value is -2.14. The van der Waals surface area contributed by atoms with Gasteiger partial charge in [0.05, 0.1) is 18.2 Å². The van der Waals surface area contributed by atoms with Crippen molar-refractivity contribution in [1.82, 2.24) is 15.1 Å². The van der Waals surface area contributed by atoms with Crippen LogP contribution in [0, 0.1) is 6.92 Å². The number of rotatable bonds is 4. The molecule has 1 aliphatic rings. The molecule has 23 heavy (non-hydrogen) atoms. The SMILES string of the molecule is Cc1ccc(N2CC(N(C)C(=O)Cc3ccc(Cl)cc3)C2)nn1. The summed E-state index contributed by atoms with van der Waals surface area (Å²) in [5.74, 6) is 0.984. The Morgan fingerprint density at radius 3 is 2.52 bits per heavy atom.